The summed E-state index contributed by atoms with van der Waals surface area (Å²) in [5.74, 6) is 0. The Bertz CT molecular complexity index is 560. The molecule has 2 aromatic rings. The van der Waals surface area contributed by atoms with Crippen molar-refractivity contribution in [1.29, 1.82) is 0 Å². The normalized spacial score (nSPS) is 10.7. The Morgan fingerprint density at radius 3 is 2.89 bits per heavy atom. The van der Waals surface area contributed by atoms with Crippen LogP contribution in [0.4, 0.5) is 0 Å². The molecular formula is C14H16ClN3S. The predicted molar refractivity (Wildman–Crippen MR) is 79.7 cm³/mol. The Balaban J connectivity index is 2.23. The van der Waals surface area contributed by atoms with Gasteiger partial charge in [-0.05, 0) is 55.1 Å². The minimum Gasteiger partial charge on any atom is -0.313 e. The molecule has 1 aromatic carbocycles. The van der Waals surface area contributed by atoms with E-state index in [1.807, 2.05) is 31.2 Å². The molecule has 0 unspecified atom stereocenters. The van der Waals surface area contributed by atoms with Gasteiger partial charge >= 0.3 is 0 Å². The molecule has 0 bridgehead atoms. The zero-order valence-corrected chi connectivity index (χ0v) is 12.6. The third-order valence-corrected chi connectivity index (χ3v) is 3.79. The number of benzene rings is 1. The van der Waals surface area contributed by atoms with Crippen LogP contribution in [0.25, 0.3) is 0 Å². The van der Waals surface area contributed by atoms with Crippen LogP contribution in [0.1, 0.15) is 18.2 Å². The molecule has 2 rings (SSSR count). The summed E-state index contributed by atoms with van der Waals surface area (Å²) in [7, 11) is 0. The molecule has 0 amide bonds. The largest absolute Gasteiger partial charge is 0.313 e. The molecule has 0 spiro atoms. The molecule has 0 aliphatic carbocycles. The van der Waals surface area contributed by atoms with Crippen molar-refractivity contribution in [3.8, 4) is 0 Å². The maximum atomic E-state index is 6.06. The van der Waals surface area contributed by atoms with E-state index in [1.165, 1.54) is 5.56 Å². The number of aromatic nitrogens is 2. The second-order valence-corrected chi connectivity index (χ2v) is 5.56. The summed E-state index contributed by atoms with van der Waals surface area (Å²) >= 11 is 7.62. The first-order valence-electron chi connectivity index (χ1n) is 6.15. The highest BCUT2D eigenvalue weighted by atomic mass is 35.5. The first kappa shape index (κ1) is 14.3. The van der Waals surface area contributed by atoms with Gasteiger partial charge in [-0.1, -0.05) is 18.5 Å². The highest BCUT2D eigenvalue weighted by Crippen LogP contribution is 2.29. The van der Waals surface area contributed by atoms with E-state index in [2.05, 4.69) is 22.2 Å². The first-order valence-corrected chi connectivity index (χ1v) is 7.35. The van der Waals surface area contributed by atoms with Crippen LogP contribution in [0, 0.1) is 6.92 Å². The summed E-state index contributed by atoms with van der Waals surface area (Å²) in [6.45, 7) is 5.77. The molecule has 5 heteroatoms. The molecule has 1 N–H and O–H groups in total. The highest BCUT2D eigenvalue weighted by Gasteiger charge is 2.07. The molecule has 0 fully saturated rings. The van der Waals surface area contributed by atoms with Crippen molar-refractivity contribution in [3.63, 3.8) is 0 Å². The van der Waals surface area contributed by atoms with Gasteiger partial charge in [-0.3, -0.25) is 0 Å². The molecule has 19 heavy (non-hydrogen) atoms. The van der Waals surface area contributed by atoms with E-state index in [4.69, 9.17) is 11.6 Å². The SMILES string of the molecule is CCNCc1cc(Cl)ccc1Sc1nccc(C)n1. The Kier molecular flexibility index (Phi) is 5.19. The summed E-state index contributed by atoms with van der Waals surface area (Å²) in [4.78, 5) is 9.82. The van der Waals surface area contributed by atoms with E-state index in [0.717, 1.165) is 33.9 Å². The number of halogens is 1. The van der Waals surface area contributed by atoms with Gasteiger partial charge in [-0.15, -0.1) is 0 Å². The minimum absolute atomic E-state index is 0.752. The summed E-state index contributed by atoms with van der Waals surface area (Å²) in [6.07, 6.45) is 1.78. The third kappa shape index (κ3) is 4.20. The van der Waals surface area contributed by atoms with Crippen LogP contribution in [0.15, 0.2) is 40.5 Å². The van der Waals surface area contributed by atoms with E-state index < -0.39 is 0 Å². The number of aryl methyl sites for hydroxylation is 1. The van der Waals surface area contributed by atoms with Gasteiger partial charge in [0.25, 0.3) is 0 Å². The van der Waals surface area contributed by atoms with Gasteiger partial charge in [0, 0.05) is 28.4 Å². The van der Waals surface area contributed by atoms with Crippen LogP contribution in [0.5, 0.6) is 0 Å². The molecule has 1 aromatic heterocycles. The molecule has 3 nitrogen and oxygen atoms in total. The van der Waals surface area contributed by atoms with Crippen molar-refractivity contribution < 1.29 is 0 Å². The van der Waals surface area contributed by atoms with Gasteiger partial charge < -0.3 is 5.32 Å². The second-order valence-electron chi connectivity index (χ2n) is 4.12. The van der Waals surface area contributed by atoms with Crippen molar-refractivity contribution in [3.05, 3.63) is 46.7 Å². The summed E-state index contributed by atoms with van der Waals surface area (Å²) in [5, 5.41) is 4.83. The van der Waals surface area contributed by atoms with Crippen molar-refractivity contribution >= 4 is 23.4 Å². The molecule has 1 heterocycles. The zero-order valence-electron chi connectivity index (χ0n) is 11.0. The van der Waals surface area contributed by atoms with Gasteiger partial charge in [-0.2, -0.15) is 0 Å². The van der Waals surface area contributed by atoms with E-state index in [-0.39, 0.29) is 0 Å². The van der Waals surface area contributed by atoms with E-state index in [0.29, 0.717) is 0 Å². The average Bonchev–Trinajstić information content (AvgIpc) is 2.39. The predicted octanol–water partition coefficient (Wildman–Crippen LogP) is 3.70. The van der Waals surface area contributed by atoms with E-state index in [1.54, 1.807) is 18.0 Å². The van der Waals surface area contributed by atoms with Crippen molar-refractivity contribution in [2.75, 3.05) is 6.54 Å². The maximum Gasteiger partial charge on any atom is 0.192 e. The smallest absolute Gasteiger partial charge is 0.192 e. The van der Waals surface area contributed by atoms with Crippen molar-refractivity contribution in [2.45, 2.75) is 30.4 Å². The van der Waals surface area contributed by atoms with Crippen molar-refractivity contribution in [1.82, 2.24) is 15.3 Å². The van der Waals surface area contributed by atoms with Gasteiger partial charge in [0.1, 0.15) is 0 Å². The number of hydrogen-bond donors (Lipinski definition) is 1. The quantitative estimate of drug-likeness (QED) is 0.853. The van der Waals surface area contributed by atoms with Crippen molar-refractivity contribution in [2.24, 2.45) is 0 Å². The summed E-state index contributed by atoms with van der Waals surface area (Å²) < 4.78 is 0. The molecule has 0 atom stereocenters. The lowest BCUT2D eigenvalue weighted by molar-refractivity contribution is 0.718. The fourth-order valence-corrected chi connectivity index (χ4v) is 2.71. The molecule has 100 valence electrons. The fraction of sp³-hybridized carbons (Fsp3) is 0.286. The minimum atomic E-state index is 0.752. The van der Waals surface area contributed by atoms with E-state index in [9.17, 15) is 0 Å². The standard InChI is InChI=1S/C14H16ClN3S/c1-3-16-9-11-8-12(15)4-5-13(11)19-14-17-7-6-10(2)18-14/h4-8,16H,3,9H2,1-2H3. The van der Waals surface area contributed by atoms with E-state index >= 15 is 0 Å². The third-order valence-electron chi connectivity index (χ3n) is 2.56. The van der Waals surface area contributed by atoms with Gasteiger partial charge in [0.2, 0.25) is 0 Å². The first-order chi connectivity index (χ1) is 9.19. The molecule has 0 aliphatic heterocycles. The lowest BCUT2D eigenvalue weighted by Gasteiger charge is -2.09. The lowest BCUT2D eigenvalue weighted by Crippen LogP contribution is -2.12. The monoisotopic (exact) mass is 293 g/mol. The molecule has 0 radical (unpaired) electrons. The summed E-state index contributed by atoms with van der Waals surface area (Å²) in [5.41, 5.74) is 2.14. The number of nitrogens with zero attached hydrogens (tertiary/aromatic N) is 2. The van der Waals surface area contributed by atoms with Crippen LogP contribution in [-0.2, 0) is 6.54 Å². The van der Waals surface area contributed by atoms with Crippen LogP contribution in [0.2, 0.25) is 5.02 Å². The maximum absolute atomic E-state index is 6.06. The molecule has 0 aliphatic rings. The van der Waals surface area contributed by atoms with Gasteiger partial charge in [0.15, 0.2) is 5.16 Å². The fourth-order valence-electron chi connectivity index (χ4n) is 1.62. The van der Waals surface area contributed by atoms with Crippen LogP contribution < -0.4 is 5.32 Å². The number of hydrogen-bond acceptors (Lipinski definition) is 4. The Morgan fingerprint density at radius 1 is 1.32 bits per heavy atom. The highest BCUT2D eigenvalue weighted by molar-refractivity contribution is 7.99. The number of rotatable bonds is 5. The molecule has 0 saturated heterocycles. The van der Waals surface area contributed by atoms with Crippen LogP contribution in [0.3, 0.4) is 0 Å². The Labute approximate surface area is 122 Å². The second kappa shape index (κ2) is 6.89. The summed E-state index contributed by atoms with van der Waals surface area (Å²) in [6, 6.07) is 7.80. The lowest BCUT2D eigenvalue weighted by atomic mass is 10.2. The van der Waals surface area contributed by atoms with Gasteiger partial charge in [0.05, 0.1) is 0 Å². The molecular weight excluding hydrogens is 278 g/mol. The van der Waals surface area contributed by atoms with Gasteiger partial charge in [-0.25, -0.2) is 9.97 Å². The zero-order chi connectivity index (χ0) is 13.7. The topological polar surface area (TPSA) is 37.8 Å². The molecule has 0 saturated carbocycles. The Hall–Kier alpha value is -1.10. The Morgan fingerprint density at radius 2 is 2.16 bits per heavy atom. The number of nitrogens with one attached hydrogen (secondary N) is 1. The average molecular weight is 294 g/mol. The van der Waals surface area contributed by atoms with Crippen LogP contribution in [-0.4, -0.2) is 16.5 Å². The van der Waals surface area contributed by atoms with Crippen LogP contribution >= 0.6 is 23.4 Å².